The van der Waals surface area contributed by atoms with Crippen molar-refractivity contribution in [3.05, 3.63) is 34.9 Å². The lowest BCUT2D eigenvalue weighted by molar-refractivity contribution is -0.158. The van der Waals surface area contributed by atoms with E-state index in [1.165, 1.54) is 28.4 Å². The maximum atomic E-state index is 13.3. The standard InChI is InChI=1S/C32H40O10/c1-10-12-23(33)41-26-17(4)18(5)27(42-32(34)16(3)11-2)19-13-21(35-6)28(36-7)30(37-8)24(19)25-20(26)14-22-29(31(25)38-9)40-15-39-22/h11,13-14,17-18,26-27H,10,12,15H2,1-9H3/t17-,18+,26-,27-/m1/s1. The summed E-state index contributed by atoms with van der Waals surface area (Å²) in [6.07, 6.45) is 1.01. The molecule has 0 spiro atoms. The van der Waals surface area contributed by atoms with E-state index in [9.17, 15) is 9.59 Å². The summed E-state index contributed by atoms with van der Waals surface area (Å²) in [6, 6.07) is 3.61. The molecule has 4 rings (SSSR count). The van der Waals surface area contributed by atoms with Crippen molar-refractivity contribution >= 4 is 11.9 Å². The molecule has 228 valence electrons. The van der Waals surface area contributed by atoms with Gasteiger partial charge in [-0.2, -0.15) is 0 Å². The average Bonchev–Trinajstić information content (AvgIpc) is 3.47. The lowest BCUT2D eigenvalue weighted by atomic mass is 9.74. The number of hydrogen-bond donors (Lipinski definition) is 0. The molecule has 0 amide bonds. The smallest absolute Gasteiger partial charge is 0.333 e. The van der Waals surface area contributed by atoms with Crippen LogP contribution in [0.25, 0.3) is 11.1 Å². The molecule has 0 saturated carbocycles. The Hall–Kier alpha value is -4.08. The van der Waals surface area contributed by atoms with Crippen LogP contribution in [-0.2, 0) is 19.1 Å². The summed E-state index contributed by atoms with van der Waals surface area (Å²) >= 11 is 0. The van der Waals surface area contributed by atoms with Crippen LogP contribution >= 0.6 is 0 Å². The van der Waals surface area contributed by atoms with Crippen LogP contribution in [0, 0.1) is 11.8 Å². The van der Waals surface area contributed by atoms with Gasteiger partial charge in [-0.3, -0.25) is 4.79 Å². The first-order chi connectivity index (χ1) is 20.2. The molecule has 2 aliphatic rings. The van der Waals surface area contributed by atoms with Crippen LogP contribution < -0.4 is 28.4 Å². The van der Waals surface area contributed by atoms with Crippen LogP contribution in [-0.4, -0.2) is 47.2 Å². The summed E-state index contributed by atoms with van der Waals surface area (Å²) < 4.78 is 47.6. The second-order valence-corrected chi connectivity index (χ2v) is 10.4. The van der Waals surface area contributed by atoms with Gasteiger partial charge in [-0.05, 0) is 32.4 Å². The predicted octanol–water partition coefficient (Wildman–Crippen LogP) is 6.34. The number of ether oxygens (including phenoxy) is 8. The molecule has 10 nitrogen and oxygen atoms in total. The van der Waals surface area contributed by atoms with E-state index in [1.807, 2.05) is 26.8 Å². The van der Waals surface area contributed by atoms with Crippen molar-refractivity contribution in [3.63, 3.8) is 0 Å². The molecule has 10 heteroatoms. The van der Waals surface area contributed by atoms with Gasteiger partial charge < -0.3 is 37.9 Å². The molecule has 1 heterocycles. The van der Waals surface area contributed by atoms with Gasteiger partial charge >= 0.3 is 11.9 Å². The van der Waals surface area contributed by atoms with Gasteiger partial charge in [0.2, 0.25) is 18.3 Å². The fourth-order valence-electron chi connectivity index (χ4n) is 5.56. The maximum Gasteiger partial charge on any atom is 0.333 e. The van der Waals surface area contributed by atoms with E-state index in [0.29, 0.717) is 68.7 Å². The number of rotatable bonds is 9. The van der Waals surface area contributed by atoms with Gasteiger partial charge in [0, 0.05) is 46.1 Å². The lowest BCUT2D eigenvalue weighted by Gasteiger charge is -2.39. The highest BCUT2D eigenvalue weighted by Crippen LogP contribution is 2.60. The third-order valence-corrected chi connectivity index (χ3v) is 8.06. The van der Waals surface area contributed by atoms with Crippen molar-refractivity contribution in [3.8, 4) is 45.6 Å². The molecule has 0 aromatic heterocycles. The minimum Gasteiger partial charge on any atom is -0.493 e. The highest BCUT2D eigenvalue weighted by Gasteiger charge is 2.44. The van der Waals surface area contributed by atoms with Gasteiger partial charge in [0.05, 0.1) is 28.4 Å². The molecule has 2 aromatic rings. The van der Waals surface area contributed by atoms with E-state index in [-0.39, 0.29) is 31.0 Å². The number of esters is 2. The van der Waals surface area contributed by atoms with Crippen LogP contribution in [0.5, 0.6) is 34.5 Å². The first-order valence-electron chi connectivity index (χ1n) is 14.0. The molecule has 4 atom stereocenters. The number of hydrogen-bond acceptors (Lipinski definition) is 10. The minimum absolute atomic E-state index is 0.000372. The molecule has 42 heavy (non-hydrogen) atoms. The SMILES string of the molecule is CC=C(C)C(=O)O[C@H]1c2cc(OC)c(OC)c(OC)c2-c2c(cc3c(c2OC)OCO3)[C@H](OC(=O)CCC)[C@H](C)[C@@H]1C. The zero-order chi connectivity index (χ0) is 30.7. The van der Waals surface area contributed by atoms with Gasteiger partial charge in [0.15, 0.2) is 23.0 Å². The van der Waals surface area contributed by atoms with Gasteiger partial charge in [0.25, 0.3) is 0 Å². The lowest BCUT2D eigenvalue weighted by Crippen LogP contribution is -2.31. The summed E-state index contributed by atoms with van der Waals surface area (Å²) in [5.41, 5.74) is 2.79. The zero-order valence-electron chi connectivity index (χ0n) is 25.7. The molecular formula is C32H40O10. The Bertz CT molecular complexity index is 1380. The van der Waals surface area contributed by atoms with E-state index in [4.69, 9.17) is 37.9 Å². The number of allylic oxidation sites excluding steroid dienone is 1. The monoisotopic (exact) mass is 584 g/mol. The summed E-state index contributed by atoms with van der Waals surface area (Å²) in [5, 5.41) is 0. The van der Waals surface area contributed by atoms with Crippen molar-refractivity contribution in [1.82, 2.24) is 0 Å². The fourth-order valence-corrected chi connectivity index (χ4v) is 5.56. The van der Waals surface area contributed by atoms with Crippen molar-refractivity contribution in [2.24, 2.45) is 11.8 Å². The molecule has 0 saturated heterocycles. The molecular weight excluding hydrogens is 544 g/mol. The maximum absolute atomic E-state index is 13.3. The Kier molecular flexibility index (Phi) is 9.43. The third-order valence-electron chi connectivity index (χ3n) is 8.06. The Morgan fingerprint density at radius 1 is 0.857 bits per heavy atom. The number of carbonyl (C=O) groups excluding carboxylic acids is 2. The molecule has 0 fully saturated rings. The quantitative estimate of drug-likeness (QED) is 0.245. The van der Waals surface area contributed by atoms with Crippen LogP contribution in [0.3, 0.4) is 0 Å². The van der Waals surface area contributed by atoms with E-state index in [2.05, 4.69) is 0 Å². The van der Waals surface area contributed by atoms with Crippen molar-refractivity contribution < 1.29 is 47.5 Å². The summed E-state index contributed by atoms with van der Waals surface area (Å²) in [6.45, 7) is 9.33. The minimum atomic E-state index is -0.804. The Morgan fingerprint density at radius 3 is 2.02 bits per heavy atom. The highest BCUT2D eigenvalue weighted by molar-refractivity contribution is 5.91. The van der Waals surface area contributed by atoms with Gasteiger partial charge in [-0.1, -0.05) is 26.8 Å². The summed E-state index contributed by atoms with van der Waals surface area (Å²) in [4.78, 5) is 26.3. The van der Waals surface area contributed by atoms with Crippen molar-refractivity contribution in [2.75, 3.05) is 35.2 Å². The summed E-state index contributed by atoms with van der Waals surface area (Å²) in [5.74, 6) is 0.794. The Morgan fingerprint density at radius 2 is 1.45 bits per heavy atom. The number of carbonyl (C=O) groups is 2. The predicted molar refractivity (Wildman–Crippen MR) is 155 cm³/mol. The average molecular weight is 585 g/mol. The van der Waals surface area contributed by atoms with E-state index in [0.717, 1.165) is 0 Å². The van der Waals surface area contributed by atoms with Crippen LogP contribution in [0.1, 0.15) is 70.8 Å². The largest absolute Gasteiger partial charge is 0.493 e. The Labute approximate surface area is 246 Å². The highest BCUT2D eigenvalue weighted by atomic mass is 16.7. The van der Waals surface area contributed by atoms with Crippen molar-refractivity contribution in [1.29, 1.82) is 0 Å². The number of benzene rings is 2. The number of methoxy groups -OCH3 is 4. The normalized spacial score (nSPS) is 20.8. The molecule has 1 aliphatic carbocycles. The molecule has 0 radical (unpaired) electrons. The number of fused-ring (bicyclic) bond motifs is 4. The van der Waals surface area contributed by atoms with E-state index < -0.39 is 18.2 Å². The second kappa shape index (κ2) is 12.8. The summed E-state index contributed by atoms with van der Waals surface area (Å²) in [7, 11) is 6.09. The van der Waals surface area contributed by atoms with Gasteiger partial charge in [-0.15, -0.1) is 0 Å². The first-order valence-corrected chi connectivity index (χ1v) is 14.0. The molecule has 0 bridgehead atoms. The third kappa shape index (κ3) is 5.30. The van der Waals surface area contributed by atoms with E-state index in [1.54, 1.807) is 26.0 Å². The fraction of sp³-hybridized carbons (Fsp3) is 0.500. The molecule has 1 aliphatic heterocycles. The van der Waals surface area contributed by atoms with Crippen LogP contribution in [0.2, 0.25) is 0 Å². The zero-order valence-corrected chi connectivity index (χ0v) is 25.7. The van der Waals surface area contributed by atoms with Gasteiger partial charge in [0.1, 0.15) is 12.2 Å². The topological polar surface area (TPSA) is 108 Å². The molecule has 0 unspecified atom stereocenters. The van der Waals surface area contributed by atoms with Crippen LogP contribution in [0.4, 0.5) is 0 Å². The molecule has 2 aromatic carbocycles. The van der Waals surface area contributed by atoms with Crippen LogP contribution in [0.15, 0.2) is 23.8 Å². The molecule has 0 N–H and O–H groups in total. The first kappa shape index (κ1) is 30.9. The Balaban J connectivity index is 2.18. The van der Waals surface area contributed by atoms with E-state index >= 15 is 0 Å². The van der Waals surface area contributed by atoms with Crippen molar-refractivity contribution in [2.45, 2.75) is 59.7 Å². The van der Waals surface area contributed by atoms with Gasteiger partial charge in [-0.25, -0.2) is 4.79 Å². The second-order valence-electron chi connectivity index (χ2n) is 10.4.